The van der Waals surface area contributed by atoms with Crippen molar-refractivity contribution in [2.75, 3.05) is 5.32 Å². The van der Waals surface area contributed by atoms with Crippen molar-refractivity contribution < 1.29 is 9.59 Å². The highest BCUT2D eigenvalue weighted by atomic mass is 35.5. The SMILES string of the molecule is O=C(N/N=C\c1c(Cl)cccc1Cl)C(=O)Nc1ccccc1. The maximum Gasteiger partial charge on any atom is 0.329 e. The molecule has 2 amide bonds. The monoisotopic (exact) mass is 335 g/mol. The van der Waals surface area contributed by atoms with E-state index in [9.17, 15) is 9.59 Å². The number of amides is 2. The summed E-state index contributed by atoms with van der Waals surface area (Å²) in [5.41, 5.74) is 3.07. The third-order valence-corrected chi connectivity index (χ3v) is 3.26. The number of hydrogen-bond acceptors (Lipinski definition) is 3. The number of anilines is 1. The summed E-state index contributed by atoms with van der Waals surface area (Å²) in [6.07, 6.45) is 1.28. The predicted octanol–water partition coefficient (Wildman–Crippen LogP) is 3.08. The van der Waals surface area contributed by atoms with E-state index in [2.05, 4.69) is 15.8 Å². The molecule has 0 spiro atoms. The molecular formula is C15H11Cl2N3O2. The Morgan fingerprint density at radius 3 is 2.18 bits per heavy atom. The molecule has 0 unspecified atom stereocenters. The predicted molar refractivity (Wildman–Crippen MR) is 87.3 cm³/mol. The molecule has 0 bridgehead atoms. The van der Waals surface area contributed by atoms with Crippen molar-refractivity contribution in [1.82, 2.24) is 5.43 Å². The van der Waals surface area contributed by atoms with Crippen LogP contribution in [-0.2, 0) is 9.59 Å². The van der Waals surface area contributed by atoms with Crippen LogP contribution < -0.4 is 10.7 Å². The van der Waals surface area contributed by atoms with Gasteiger partial charge in [-0.2, -0.15) is 5.10 Å². The normalized spacial score (nSPS) is 10.5. The second kappa shape index (κ2) is 7.59. The lowest BCUT2D eigenvalue weighted by Gasteiger charge is -2.03. The summed E-state index contributed by atoms with van der Waals surface area (Å²) >= 11 is 11.9. The highest BCUT2D eigenvalue weighted by Crippen LogP contribution is 2.21. The molecule has 0 aliphatic rings. The van der Waals surface area contributed by atoms with Crippen LogP contribution in [0.2, 0.25) is 10.0 Å². The van der Waals surface area contributed by atoms with Crippen molar-refractivity contribution in [2.24, 2.45) is 5.10 Å². The number of hydrazone groups is 1. The van der Waals surface area contributed by atoms with Crippen LogP contribution in [0.4, 0.5) is 5.69 Å². The Bertz CT molecular complexity index is 698. The van der Waals surface area contributed by atoms with Gasteiger partial charge in [0.15, 0.2) is 0 Å². The van der Waals surface area contributed by atoms with Gasteiger partial charge in [-0.1, -0.05) is 47.5 Å². The molecule has 0 aromatic heterocycles. The van der Waals surface area contributed by atoms with Gasteiger partial charge < -0.3 is 5.32 Å². The summed E-state index contributed by atoms with van der Waals surface area (Å²) in [7, 11) is 0. The van der Waals surface area contributed by atoms with Crippen LogP contribution in [0.1, 0.15) is 5.56 Å². The number of nitrogens with one attached hydrogen (secondary N) is 2. The van der Waals surface area contributed by atoms with Gasteiger partial charge in [0.1, 0.15) is 0 Å². The fourth-order valence-corrected chi connectivity index (χ4v) is 2.04. The Morgan fingerprint density at radius 1 is 0.909 bits per heavy atom. The summed E-state index contributed by atoms with van der Waals surface area (Å²) < 4.78 is 0. The molecular weight excluding hydrogens is 325 g/mol. The molecule has 2 N–H and O–H groups in total. The molecule has 2 rings (SSSR count). The van der Waals surface area contributed by atoms with Crippen LogP contribution in [0.3, 0.4) is 0 Å². The Balaban J connectivity index is 1.95. The highest BCUT2D eigenvalue weighted by molar-refractivity contribution is 6.40. The van der Waals surface area contributed by atoms with Gasteiger partial charge in [0.2, 0.25) is 0 Å². The minimum absolute atomic E-state index is 0.388. The zero-order chi connectivity index (χ0) is 15.9. The number of carbonyl (C=O) groups is 2. The summed E-state index contributed by atoms with van der Waals surface area (Å²) in [5, 5.41) is 6.88. The number of benzene rings is 2. The highest BCUT2D eigenvalue weighted by Gasteiger charge is 2.12. The van der Waals surface area contributed by atoms with Gasteiger partial charge in [0, 0.05) is 11.3 Å². The van der Waals surface area contributed by atoms with Crippen molar-refractivity contribution in [3.8, 4) is 0 Å². The number of hydrogen-bond donors (Lipinski definition) is 2. The number of para-hydroxylation sites is 1. The molecule has 0 fully saturated rings. The van der Waals surface area contributed by atoms with Crippen LogP contribution in [0.5, 0.6) is 0 Å². The molecule has 112 valence electrons. The average molecular weight is 336 g/mol. The molecule has 0 atom stereocenters. The van der Waals surface area contributed by atoms with Crippen LogP contribution >= 0.6 is 23.2 Å². The summed E-state index contributed by atoms with van der Waals surface area (Å²) in [6.45, 7) is 0. The second-order valence-electron chi connectivity index (χ2n) is 4.15. The number of carbonyl (C=O) groups excluding carboxylic acids is 2. The van der Waals surface area contributed by atoms with Gasteiger partial charge in [0.25, 0.3) is 0 Å². The van der Waals surface area contributed by atoms with Crippen LogP contribution in [0.25, 0.3) is 0 Å². The van der Waals surface area contributed by atoms with E-state index in [1.165, 1.54) is 6.21 Å². The number of halogens is 2. The maximum absolute atomic E-state index is 11.6. The lowest BCUT2D eigenvalue weighted by molar-refractivity contribution is -0.136. The molecule has 0 aliphatic carbocycles. The van der Waals surface area contributed by atoms with E-state index >= 15 is 0 Å². The van der Waals surface area contributed by atoms with Crippen molar-refractivity contribution >= 4 is 46.9 Å². The third-order valence-electron chi connectivity index (χ3n) is 2.60. The quantitative estimate of drug-likeness (QED) is 0.514. The lowest BCUT2D eigenvalue weighted by atomic mass is 10.2. The largest absolute Gasteiger partial charge is 0.329 e. The Labute approximate surface area is 136 Å². The zero-order valence-electron chi connectivity index (χ0n) is 11.2. The van der Waals surface area contributed by atoms with Gasteiger partial charge in [-0.05, 0) is 24.3 Å². The fraction of sp³-hybridized carbons (Fsp3) is 0. The van der Waals surface area contributed by atoms with Gasteiger partial charge in [-0.15, -0.1) is 0 Å². The van der Waals surface area contributed by atoms with E-state index in [0.717, 1.165) is 0 Å². The van der Waals surface area contributed by atoms with Crippen molar-refractivity contribution in [3.05, 3.63) is 64.1 Å². The van der Waals surface area contributed by atoms with E-state index < -0.39 is 11.8 Å². The standard InChI is InChI=1S/C15H11Cl2N3O2/c16-12-7-4-8-13(17)11(12)9-18-20-15(22)14(21)19-10-5-2-1-3-6-10/h1-9H,(H,19,21)(H,20,22)/b18-9-. The van der Waals surface area contributed by atoms with Crippen molar-refractivity contribution in [1.29, 1.82) is 0 Å². The van der Waals surface area contributed by atoms with E-state index in [1.54, 1.807) is 48.5 Å². The van der Waals surface area contributed by atoms with E-state index in [-0.39, 0.29) is 0 Å². The molecule has 2 aromatic carbocycles. The molecule has 0 aliphatic heterocycles. The van der Waals surface area contributed by atoms with Gasteiger partial charge in [-0.3, -0.25) is 9.59 Å². The smallest absolute Gasteiger partial charge is 0.318 e. The molecule has 5 nitrogen and oxygen atoms in total. The minimum Gasteiger partial charge on any atom is -0.318 e. The number of nitrogens with zero attached hydrogens (tertiary/aromatic N) is 1. The number of rotatable bonds is 3. The molecule has 22 heavy (non-hydrogen) atoms. The van der Waals surface area contributed by atoms with Gasteiger partial charge >= 0.3 is 11.8 Å². The van der Waals surface area contributed by atoms with E-state index in [0.29, 0.717) is 21.3 Å². The first-order valence-electron chi connectivity index (χ1n) is 6.21. The van der Waals surface area contributed by atoms with Crippen LogP contribution in [0.15, 0.2) is 53.6 Å². The summed E-state index contributed by atoms with van der Waals surface area (Å²) in [6, 6.07) is 13.6. The first kappa shape index (κ1) is 16.0. The first-order valence-corrected chi connectivity index (χ1v) is 6.97. The molecule has 0 saturated heterocycles. The van der Waals surface area contributed by atoms with Gasteiger partial charge in [-0.25, -0.2) is 5.43 Å². The Hall–Kier alpha value is -2.37. The first-order chi connectivity index (χ1) is 10.6. The Kier molecular flexibility index (Phi) is 5.52. The molecule has 2 aromatic rings. The molecule has 7 heteroatoms. The summed E-state index contributed by atoms with van der Waals surface area (Å²) in [5.74, 6) is -1.73. The maximum atomic E-state index is 11.6. The lowest BCUT2D eigenvalue weighted by Crippen LogP contribution is -2.32. The van der Waals surface area contributed by atoms with Crippen molar-refractivity contribution in [3.63, 3.8) is 0 Å². The molecule has 0 saturated carbocycles. The second-order valence-corrected chi connectivity index (χ2v) is 4.97. The summed E-state index contributed by atoms with van der Waals surface area (Å²) in [4.78, 5) is 23.2. The fourth-order valence-electron chi connectivity index (χ4n) is 1.55. The average Bonchev–Trinajstić information content (AvgIpc) is 2.51. The van der Waals surface area contributed by atoms with Gasteiger partial charge in [0.05, 0.1) is 16.3 Å². The van der Waals surface area contributed by atoms with E-state index in [4.69, 9.17) is 23.2 Å². The molecule has 0 heterocycles. The molecule has 0 radical (unpaired) electrons. The zero-order valence-corrected chi connectivity index (χ0v) is 12.7. The Morgan fingerprint density at radius 2 is 1.55 bits per heavy atom. The van der Waals surface area contributed by atoms with Crippen molar-refractivity contribution in [2.45, 2.75) is 0 Å². The third kappa shape index (κ3) is 4.31. The van der Waals surface area contributed by atoms with Crippen LogP contribution in [0, 0.1) is 0 Å². The van der Waals surface area contributed by atoms with E-state index in [1.807, 2.05) is 0 Å². The topological polar surface area (TPSA) is 70.6 Å². The van der Waals surface area contributed by atoms with Crippen LogP contribution in [-0.4, -0.2) is 18.0 Å². The minimum atomic E-state index is -0.900.